The van der Waals surface area contributed by atoms with Gasteiger partial charge in [-0.1, -0.05) is 26.0 Å². The minimum absolute atomic E-state index is 0.0364. The molecule has 0 spiro atoms. The van der Waals surface area contributed by atoms with Crippen molar-refractivity contribution >= 4 is 17.7 Å². The molecule has 0 saturated heterocycles. The zero-order chi connectivity index (χ0) is 21.2. The van der Waals surface area contributed by atoms with E-state index in [1.165, 1.54) is 0 Å². The van der Waals surface area contributed by atoms with Gasteiger partial charge in [0.15, 0.2) is 0 Å². The van der Waals surface area contributed by atoms with Crippen LogP contribution in [0.4, 0.5) is 10.5 Å². The number of hydrogen-bond donors (Lipinski definition) is 2. The van der Waals surface area contributed by atoms with Gasteiger partial charge in [0.1, 0.15) is 18.0 Å². The number of rotatable bonds is 11. The summed E-state index contributed by atoms with van der Waals surface area (Å²) in [6.07, 6.45) is 1.11. The third kappa shape index (κ3) is 8.97. The number of nitrogens with one attached hydrogen (secondary N) is 1. The summed E-state index contributed by atoms with van der Waals surface area (Å²) in [5, 5.41) is 11.7. The average Bonchev–Trinajstić information content (AvgIpc) is 2.57. The van der Waals surface area contributed by atoms with E-state index in [0.717, 1.165) is 31.6 Å². The van der Waals surface area contributed by atoms with Gasteiger partial charge in [-0.15, -0.1) is 0 Å². The Kier molecular flexibility index (Phi) is 9.62. The number of alkyl carbamates (subject to hydrolysis) is 1. The Bertz CT molecular complexity index is 621. The summed E-state index contributed by atoms with van der Waals surface area (Å²) in [5.41, 5.74) is 0.309. The fourth-order valence-electron chi connectivity index (χ4n) is 2.76. The maximum absolute atomic E-state index is 12.0. The Morgan fingerprint density at radius 3 is 2.29 bits per heavy atom. The number of hydrogen-bond acceptors (Lipinski definition) is 5. The largest absolute Gasteiger partial charge is 0.489 e. The van der Waals surface area contributed by atoms with Gasteiger partial charge in [-0.2, -0.15) is 0 Å². The Balaban J connectivity index is 2.86. The maximum Gasteiger partial charge on any atom is 0.408 e. The van der Waals surface area contributed by atoms with Gasteiger partial charge in [-0.3, -0.25) is 4.79 Å². The second-order valence-electron chi connectivity index (χ2n) is 7.71. The van der Waals surface area contributed by atoms with Crippen LogP contribution in [0.25, 0.3) is 0 Å². The molecule has 0 fully saturated rings. The highest BCUT2D eigenvalue weighted by atomic mass is 16.6. The first kappa shape index (κ1) is 23.6. The third-order valence-electron chi connectivity index (χ3n) is 3.77. The predicted molar refractivity (Wildman–Crippen MR) is 110 cm³/mol. The Labute approximate surface area is 168 Å². The van der Waals surface area contributed by atoms with E-state index >= 15 is 0 Å². The van der Waals surface area contributed by atoms with Crippen molar-refractivity contribution in [1.29, 1.82) is 0 Å². The van der Waals surface area contributed by atoms with Gasteiger partial charge in [-0.25, -0.2) is 4.79 Å². The monoisotopic (exact) mass is 394 g/mol. The summed E-state index contributed by atoms with van der Waals surface area (Å²) in [6.45, 7) is 11.4. The Morgan fingerprint density at radius 2 is 1.75 bits per heavy atom. The molecule has 7 heteroatoms. The number of amides is 1. The quantitative estimate of drug-likeness (QED) is 0.588. The molecule has 0 aliphatic rings. The molecule has 0 aliphatic heterocycles. The highest BCUT2D eigenvalue weighted by molar-refractivity contribution is 5.71. The van der Waals surface area contributed by atoms with Gasteiger partial charge in [0.05, 0.1) is 18.2 Å². The molecule has 7 nitrogen and oxygen atoms in total. The van der Waals surface area contributed by atoms with Crippen molar-refractivity contribution in [3.63, 3.8) is 0 Å². The number of carboxylic acid groups (broad SMARTS) is 1. The third-order valence-corrected chi connectivity index (χ3v) is 3.77. The molecule has 1 rings (SSSR count). The Hall–Kier alpha value is -2.44. The second kappa shape index (κ2) is 11.4. The fraction of sp³-hybridized carbons (Fsp3) is 0.619. The maximum atomic E-state index is 12.0. The van der Waals surface area contributed by atoms with Crippen molar-refractivity contribution in [3.05, 3.63) is 24.3 Å². The number of nitrogens with zero attached hydrogens (tertiary/aromatic N) is 1. The number of carbonyl (C=O) groups excluding carboxylic acids is 1. The number of anilines is 1. The van der Waals surface area contributed by atoms with E-state index < -0.39 is 23.7 Å². The molecular formula is C21H34N2O5. The van der Waals surface area contributed by atoms with Crippen LogP contribution < -0.4 is 15.0 Å². The van der Waals surface area contributed by atoms with Crippen LogP contribution in [0, 0.1) is 0 Å². The number of para-hydroxylation sites is 2. The highest BCUT2D eigenvalue weighted by Gasteiger charge is 2.22. The Morgan fingerprint density at radius 1 is 1.14 bits per heavy atom. The molecule has 0 heterocycles. The highest BCUT2D eigenvalue weighted by Crippen LogP contribution is 2.28. The molecule has 0 aromatic heterocycles. The zero-order valence-corrected chi connectivity index (χ0v) is 17.7. The molecule has 28 heavy (non-hydrogen) atoms. The van der Waals surface area contributed by atoms with Crippen molar-refractivity contribution in [2.24, 2.45) is 0 Å². The summed E-state index contributed by atoms with van der Waals surface area (Å²) in [7, 11) is 0. The minimum Gasteiger partial charge on any atom is -0.489 e. The summed E-state index contributed by atoms with van der Waals surface area (Å²) in [5.74, 6) is -0.345. The van der Waals surface area contributed by atoms with Crippen LogP contribution in [-0.2, 0) is 9.53 Å². The normalized spacial score (nSPS) is 12.2. The molecule has 158 valence electrons. The zero-order valence-electron chi connectivity index (χ0n) is 17.7. The summed E-state index contributed by atoms with van der Waals surface area (Å²) in [6, 6.07) is 6.98. The molecule has 0 aliphatic carbocycles. The summed E-state index contributed by atoms with van der Waals surface area (Å²) < 4.78 is 11.2. The van der Waals surface area contributed by atoms with Gasteiger partial charge in [0.25, 0.3) is 0 Å². The molecule has 0 saturated carbocycles. The van der Waals surface area contributed by atoms with Gasteiger partial charge >= 0.3 is 12.1 Å². The molecule has 0 bridgehead atoms. The molecule has 0 unspecified atom stereocenters. The lowest BCUT2D eigenvalue weighted by Gasteiger charge is -2.27. The fourth-order valence-corrected chi connectivity index (χ4v) is 2.76. The minimum atomic E-state index is -1.02. The predicted octanol–water partition coefficient (Wildman–Crippen LogP) is 4.06. The van der Waals surface area contributed by atoms with Crippen LogP contribution >= 0.6 is 0 Å². The average molecular weight is 395 g/mol. The van der Waals surface area contributed by atoms with Crippen LogP contribution in [0.1, 0.15) is 53.9 Å². The standard InChI is InChI=1S/C21H34N2O5/c1-6-12-23(13-7-2)17-10-8-9-11-18(17)27-15-16(14-19(24)25)22-20(26)28-21(3,4)5/h8-11,16H,6-7,12-15H2,1-5H3,(H,22,26)(H,24,25)/t16-/m1/s1. The van der Waals surface area contributed by atoms with Gasteiger partial charge in [0.2, 0.25) is 0 Å². The van der Waals surface area contributed by atoms with Crippen molar-refractivity contribution in [3.8, 4) is 5.75 Å². The van der Waals surface area contributed by atoms with Crippen LogP contribution in [0.5, 0.6) is 5.75 Å². The van der Waals surface area contributed by atoms with Crippen molar-refractivity contribution in [2.45, 2.75) is 65.5 Å². The van der Waals surface area contributed by atoms with Crippen LogP contribution in [0.15, 0.2) is 24.3 Å². The van der Waals surface area contributed by atoms with E-state index in [1.807, 2.05) is 24.3 Å². The lowest BCUT2D eigenvalue weighted by Crippen LogP contribution is -2.43. The van der Waals surface area contributed by atoms with Gasteiger partial charge < -0.3 is 24.8 Å². The lowest BCUT2D eigenvalue weighted by atomic mass is 10.2. The number of ether oxygens (including phenoxy) is 2. The van der Waals surface area contributed by atoms with Gasteiger partial charge in [-0.05, 0) is 45.7 Å². The van der Waals surface area contributed by atoms with E-state index in [0.29, 0.717) is 5.75 Å². The van der Waals surface area contributed by atoms with E-state index in [9.17, 15) is 9.59 Å². The van der Waals surface area contributed by atoms with E-state index in [-0.39, 0.29) is 13.0 Å². The number of carbonyl (C=O) groups is 2. The lowest BCUT2D eigenvalue weighted by molar-refractivity contribution is -0.137. The summed E-state index contributed by atoms with van der Waals surface area (Å²) in [4.78, 5) is 25.4. The van der Waals surface area contributed by atoms with Crippen LogP contribution in [0.3, 0.4) is 0 Å². The first-order valence-corrected chi connectivity index (χ1v) is 9.84. The number of benzene rings is 1. The number of aliphatic carboxylic acids is 1. The van der Waals surface area contributed by atoms with Crippen molar-refractivity contribution in [2.75, 3.05) is 24.6 Å². The van der Waals surface area contributed by atoms with Gasteiger partial charge in [0, 0.05) is 13.1 Å². The van der Waals surface area contributed by atoms with Crippen LogP contribution in [0.2, 0.25) is 0 Å². The molecule has 0 radical (unpaired) electrons. The molecular weight excluding hydrogens is 360 g/mol. The van der Waals surface area contributed by atoms with E-state index in [2.05, 4.69) is 24.1 Å². The smallest absolute Gasteiger partial charge is 0.408 e. The summed E-state index contributed by atoms with van der Waals surface area (Å²) >= 11 is 0. The van der Waals surface area contributed by atoms with E-state index in [4.69, 9.17) is 14.6 Å². The molecule has 1 aromatic carbocycles. The molecule has 1 amide bonds. The van der Waals surface area contributed by atoms with Crippen LogP contribution in [-0.4, -0.2) is 48.5 Å². The van der Waals surface area contributed by atoms with Crippen molar-refractivity contribution in [1.82, 2.24) is 5.32 Å². The number of carboxylic acids is 1. The molecule has 2 N–H and O–H groups in total. The van der Waals surface area contributed by atoms with E-state index in [1.54, 1.807) is 20.8 Å². The first-order valence-electron chi connectivity index (χ1n) is 9.84. The van der Waals surface area contributed by atoms with Crippen molar-refractivity contribution < 1.29 is 24.2 Å². The molecule has 1 atom stereocenters. The second-order valence-corrected chi connectivity index (χ2v) is 7.71. The molecule has 1 aromatic rings. The SMILES string of the molecule is CCCN(CCC)c1ccccc1OC[C@@H](CC(=O)O)NC(=O)OC(C)(C)C. The topological polar surface area (TPSA) is 88.1 Å². The first-order chi connectivity index (χ1) is 13.2.